The van der Waals surface area contributed by atoms with Gasteiger partial charge in [-0.05, 0) is 18.1 Å². The highest BCUT2D eigenvalue weighted by Crippen LogP contribution is 2.05. The van der Waals surface area contributed by atoms with Crippen molar-refractivity contribution in [2.45, 2.75) is 13.3 Å². The van der Waals surface area contributed by atoms with Gasteiger partial charge in [0, 0.05) is 6.08 Å². The van der Waals surface area contributed by atoms with Crippen LogP contribution in [0.25, 0.3) is 0 Å². The Hall–Kier alpha value is -1.05. The summed E-state index contributed by atoms with van der Waals surface area (Å²) in [6.45, 7) is 2.49. The second-order valence-corrected chi connectivity index (χ2v) is 2.13. The van der Waals surface area contributed by atoms with Crippen molar-refractivity contribution in [2.24, 2.45) is 0 Å². The lowest BCUT2D eigenvalue weighted by molar-refractivity contribution is -0.137. The maximum Gasteiger partial charge on any atom is 0.331 e. The summed E-state index contributed by atoms with van der Waals surface area (Å²) in [4.78, 5) is 10.5. The molecule has 0 aromatic heterocycles. The molecule has 10 heavy (non-hydrogen) atoms. The van der Waals surface area contributed by atoms with Crippen LogP contribution in [0, 0.1) is 0 Å². The molecule has 0 amide bonds. The highest BCUT2D eigenvalue weighted by Gasteiger charge is 2.04. The average Bonchev–Trinajstić information content (AvgIpc) is 1.95. The van der Waals surface area contributed by atoms with Gasteiger partial charge in [-0.2, -0.15) is 0 Å². The Balaban J connectivity index is 2.61. The fraction of sp³-hybridized carbons (Fsp3) is 0.375. The fourth-order valence-electron chi connectivity index (χ4n) is 0.815. The summed E-state index contributed by atoms with van der Waals surface area (Å²) < 4.78 is 4.75. The van der Waals surface area contributed by atoms with E-state index in [0.717, 1.165) is 12.0 Å². The van der Waals surface area contributed by atoms with Crippen LogP contribution in [0.4, 0.5) is 0 Å². The zero-order valence-corrected chi connectivity index (χ0v) is 5.96. The van der Waals surface area contributed by atoms with Crippen LogP contribution in [0.3, 0.4) is 0 Å². The van der Waals surface area contributed by atoms with E-state index < -0.39 is 0 Å². The predicted molar refractivity (Wildman–Crippen MR) is 38.5 cm³/mol. The van der Waals surface area contributed by atoms with Crippen molar-refractivity contribution in [1.29, 1.82) is 0 Å². The van der Waals surface area contributed by atoms with Gasteiger partial charge >= 0.3 is 5.97 Å². The molecule has 1 rings (SSSR count). The number of esters is 1. The number of cyclic esters (lactones) is 1. The monoisotopic (exact) mass is 138 g/mol. The Morgan fingerprint density at radius 2 is 2.50 bits per heavy atom. The molecule has 0 spiro atoms. The standard InChI is InChI=1S/C8H10O2/c1-2-3-7-4-5-8(9)10-6-7/h3-5H,2,6H2,1H3/b7-3-. The number of carbonyl (C=O) groups excluding carboxylic acids is 1. The minimum atomic E-state index is -0.242. The smallest absolute Gasteiger partial charge is 0.331 e. The van der Waals surface area contributed by atoms with E-state index in [1.165, 1.54) is 6.08 Å². The third kappa shape index (κ3) is 1.72. The summed E-state index contributed by atoms with van der Waals surface area (Å²) in [5.74, 6) is -0.242. The molecule has 0 N–H and O–H groups in total. The van der Waals surface area contributed by atoms with Crippen molar-refractivity contribution in [3.63, 3.8) is 0 Å². The fourth-order valence-corrected chi connectivity index (χ4v) is 0.815. The molecular formula is C8H10O2. The molecule has 0 fully saturated rings. The quantitative estimate of drug-likeness (QED) is 0.512. The minimum Gasteiger partial charge on any atom is -0.458 e. The molecule has 2 heteroatoms. The largest absolute Gasteiger partial charge is 0.458 e. The first-order valence-electron chi connectivity index (χ1n) is 3.37. The van der Waals surface area contributed by atoms with E-state index in [1.807, 2.05) is 6.08 Å². The average molecular weight is 138 g/mol. The first-order chi connectivity index (χ1) is 4.83. The van der Waals surface area contributed by atoms with E-state index in [9.17, 15) is 4.79 Å². The van der Waals surface area contributed by atoms with Gasteiger partial charge in [-0.1, -0.05) is 13.0 Å². The summed E-state index contributed by atoms with van der Waals surface area (Å²) in [7, 11) is 0. The van der Waals surface area contributed by atoms with Crippen LogP contribution in [-0.2, 0) is 9.53 Å². The summed E-state index contributed by atoms with van der Waals surface area (Å²) >= 11 is 0. The topological polar surface area (TPSA) is 26.3 Å². The predicted octanol–water partition coefficient (Wildman–Crippen LogP) is 1.44. The van der Waals surface area contributed by atoms with Gasteiger partial charge < -0.3 is 4.74 Å². The van der Waals surface area contributed by atoms with E-state index in [4.69, 9.17) is 4.74 Å². The van der Waals surface area contributed by atoms with E-state index in [1.54, 1.807) is 6.08 Å². The van der Waals surface area contributed by atoms with E-state index >= 15 is 0 Å². The summed E-state index contributed by atoms with van der Waals surface area (Å²) in [6, 6.07) is 0. The number of allylic oxidation sites excluding steroid dienone is 1. The van der Waals surface area contributed by atoms with Crippen LogP contribution in [0.2, 0.25) is 0 Å². The van der Waals surface area contributed by atoms with Gasteiger partial charge in [-0.15, -0.1) is 0 Å². The number of ether oxygens (including phenoxy) is 1. The van der Waals surface area contributed by atoms with Crippen molar-refractivity contribution in [2.75, 3.05) is 6.61 Å². The molecule has 1 aliphatic heterocycles. The summed E-state index contributed by atoms with van der Waals surface area (Å²) in [5.41, 5.74) is 1.09. The molecule has 0 unspecified atom stereocenters. The van der Waals surface area contributed by atoms with Gasteiger partial charge in [0.1, 0.15) is 6.61 Å². The minimum absolute atomic E-state index is 0.242. The molecule has 1 heterocycles. The molecule has 1 aliphatic rings. The number of hydrogen-bond acceptors (Lipinski definition) is 2. The Morgan fingerprint density at radius 3 is 3.00 bits per heavy atom. The van der Waals surface area contributed by atoms with E-state index in [2.05, 4.69) is 6.92 Å². The molecule has 0 aliphatic carbocycles. The van der Waals surface area contributed by atoms with E-state index in [-0.39, 0.29) is 5.97 Å². The van der Waals surface area contributed by atoms with Crippen LogP contribution in [0.15, 0.2) is 23.8 Å². The van der Waals surface area contributed by atoms with Gasteiger partial charge in [0.2, 0.25) is 0 Å². The molecule has 0 saturated heterocycles. The van der Waals surface area contributed by atoms with Crippen molar-refractivity contribution >= 4 is 5.97 Å². The third-order valence-corrected chi connectivity index (χ3v) is 1.28. The molecular weight excluding hydrogens is 128 g/mol. The number of carbonyl (C=O) groups is 1. The lowest BCUT2D eigenvalue weighted by Gasteiger charge is -2.07. The van der Waals surface area contributed by atoms with Gasteiger partial charge in [0.15, 0.2) is 0 Å². The third-order valence-electron chi connectivity index (χ3n) is 1.28. The number of hydrogen-bond donors (Lipinski definition) is 0. The van der Waals surface area contributed by atoms with Gasteiger partial charge in [0.05, 0.1) is 0 Å². The first kappa shape index (κ1) is 7.06. The van der Waals surface area contributed by atoms with Gasteiger partial charge in [-0.25, -0.2) is 4.79 Å². The van der Waals surface area contributed by atoms with Crippen molar-refractivity contribution in [3.8, 4) is 0 Å². The highest BCUT2D eigenvalue weighted by molar-refractivity contribution is 5.83. The molecule has 0 aromatic carbocycles. The molecule has 54 valence electrons. The molecule has 0 atom stereocenters. The van der Waals surface area contributed by atoms with Crippen molar-refractivity contribution < 1.29 is 9.53 Å². The van der Waals surface area contributed by atoms with Crippen molar-refractivity contribution in [3.05, 3.63) is 23.8 Å². The number of rotatable bonds is 1. The van der Waals surface area contributed by atoms with Crippen LogP contribution in [-0.4, -0.2) is 12.6 Å². The summed E-state index contributed by atoms with van der Waals surface area (Å²) in [6.07, 6.45) is 6.28. The van der Waals surface area contributed by atoms with Gasteiger partial charge in [0.25, 0.3) is 0 Å². The normalized spacial score (nSPS) is 21.3. The lowest BCUT2D eigenvalue weighted by atomic mass is 10.2. The van der Waals surface area contributed by atoms with Gasteiger partial charge in [-0.3, -0.25) is 0 Å². The zero-order valence-electron chi connectivity index (χ0n) is 5.96. The lowest BCUT2D eigenvalue weighted by Crippen LogP contribution is -2.08. The maximum absolute atomic E-state index is 10.5. The second-order valence-electron chi connectivity index (χ2n) is 2.13. The van der Waals surface area contributed by atoms with Crippen LogP contribution in [0.1, 0.15) is 13.3 Å². The Labute approximate surface area is 60.2 Å². The molecule has 0 saturated carbocycles. The van der Waals surface area contributed by atoms with Crippen LogP contribution < -0.4 is 0 Å². The first-order valence-corrected chi connectivity index (χ1v) is 3.37. The van der Waals surface area contributed by atoms with E-state index in [0.29, 0.717) is 6.61 Å². The van der Waals surface area contributed by atoms with Crippen molar-refractivity contribution in [1.82, 2.24) is 0 Å². The van der Waals surface area contributed by atoms with Crippen LogP contribution >= 0.6 is 0 Å². The molecule has 0 bridgehead atoms. The Morgan fingerprint density at radius 1 is 1.70 bits per heavy atom. The van der Waals surface area contributed by atoms with Crippen LogP contribution in [0.5, 0.6) is 0 Å². The molecule has 0 radical (unpaired) electrons. The Bertz CT molecular complexity index is 189. The molecule has 0 aromatic rings. The Kier molecular flexibility index (Phi) is 2.26. The SMILES string of the molecule is CC/C=C1/C=CC(=O)OC1. The molecule has 2 nitrogen and oxygen atoms in total. The highest BCUT2D eigenvalue weighted by atomic mass is 16.5. The maximum atomic E-state index is 10.5. The summed E-state index contributed by atoms with van der Waals surface area (Å²) in [5, 5.41) is 0. The zero-order chi connectivity index (χ0) is 7.40. The second kappa shape index (κ2) is 3.20.